The Balaban J connectivity index is 1.90. The summed E-state index contributed by atoms with van der Waals surface area (Å²) >= 11 is 0. The van der Waals surface area contributed by atoms with Gasteiger partial charge in [-0.2, -0.15) is 5.10 Å². The highest BCUT2D eigenvalue weighted by molar-refractivity contribution is 5.32. The molecule has 1 aromatic carbocycles. The molecule has 5 heteroatoms. The van der Waals surface area contributed by atoms with Crippen LogP contribution in [0.4, 0.5) is 0 Å². The van der Waals surface area contributed by atoms with Crippen LogP contribution in [0.5, 0.6) is 0 Å². The van der Waals surface area contributed by atoms with E-state index in [0.29, 0.717) is 0 Å². The zero-order chi connectivity index (χ0) is 12.4. The van der Waals surface area contributed by atoms with Gasteiger partial charge in [0.25, 0.3) is 0 Å². The van der Waals surface area contributed by atoms with Gasteiger partial charge in [-0.05, 0) is 29.9 Å². The molecule has 1 unspecified atom stereocenters. The van der Waals surface area contributed by atoms with Gasteiger partial charge in [0.1, 0.15) is 18.2 Å². The van der Waals surface area contributed by atoms with Crippen LogP contribution in [-0.2, 0) is 0 Å². The number of hydrogen-bond donors (Lipinski definition) is 3. The third-order valence-corrected chi connectivity index (χ3v) is 3.69. The molecule has 1 saturated carbocycles. The van der Waals surface area contributed by atoms with Crippen LogP contribution < -0.4 is 11.3 Å². The van der Waals surface area contributed by atoms with E-state index in [4.69, 9.17) is 5.84 Å². The van der Waals surface area contributed by atoms with E-state index < -0.39 is 0 Å². The number of aromatic amines is 1. The molecule has 3 rings (SSSR count). The normalized spacial score (nSPS) is 17.4. The standard InChI is InChI=1S/C13H17N5/c14-17-12(13-15-8-16-18-13)11-6-2-5-10(7-11)9-3-1-4-9/h2,5-9,12,17H,1,3-4,14H2,(H,15,16,18). The van der Waals surface area contributed by atoms with Crippen molar-refractivity contribution in [1.29, 1.82) is 0 Å². The number of hydrazine groups is 1. The highest BCUT2D eigenvalue weighted by atomic mass is 15.3. The molecule has 1 aliphatic rings. The number of nitrogens with one attached hydrogen (secondary N) is 2. The quantitative estimate of drug-likeness (QED) is 0.563. The van der Waals surface area contributed by atoms with Crippen LogP contribution in [0.1, 0.15) is 48.2 Å². The highest BCUT2D eigenvalue weighted by Gasteiger charge is 2.21. The molecule has 1 aromatic heterocycles. The van der Waals surface area contributed by atoms with E-state index in [1.54, 1.807) is 0 Å². The molecule has 1 heterocycles. The van der Waals surface area contributed by atoms with Gasteiger partial charge in [-0.3, -0.25) is 10.9 Å². The molecule has 0 aliphatic heterocycles. The molecule has 1 fully saturated rings. The molecule has 0 bridgehead atoms. The lowest BCUT2D eigenvalue weighted by atomic mass is 9.79. The highest BCUT2D eigenvalue weighted by Crippen LogP contribution is 2.37. The second kappa shape index (κ2) is 4.88. The maximum absolute atomic E-state index is 5.63. The summed E-state index contributed by atoms with van der Waals surface area (Å²) in [6.07, 6.45) is 5.43. The monoisotopic (exact) mass is 243 g/mol. The molecule has 18 heavy (non-hydrogen) atoms. The van der Waals surface area contributed by atoms with Crippen LogP contribution >= 0.6 is 0 Å². The predicted octanol–water partition coefficient (Wildman–Crippen LogP) is 1.62. The van der Waals surface area contributed by atoms with Crippen LogP contribution in [0.25, 0.3) is 0 Å². The molecule has 0 spiro atoms. The molecule has 2 aromatic rings. The molecule has 94 valence electrons. The van der Waals surface area contributed by atoms with Crippen molar-refractivity contribution in [2.75, 3.05) is 0 Å². The summed E-state index contributed by atoms with van der Waals surface area (Å²) in [6.45, 7) is 0. The summed E-state index contributed by atoms with van der Waals surface area (Å²) < 4.78 is 0. The average Bonchev–Trinajstić information content (AvgIpc) is 2.82. The van der Waals surface area contributed by atoms with Gasteiger partial charge < -0.3 is 0 Å². The minimum absolute atomic E-state index is 0.132. The fraction of sp³-hybridized carbons (Fsp3) is 0.385. The van der Waals surface area contributed by atoms with Crippen molar-refractivity contribution in [3.05, 3.63) is 47.5 Å². The molecule has 4 N–H and O–H groups in total. The topological polar surface area (TPSA) is 79.6 Å². The number of aromatic nitrogens is 3. The fourth-order valence-corrected chi connectivity index (χ4v) is 2.42. The van der Waals surface area contributed by atoms with E-state index in [2.05, 4.69) is 44.9 Å². The molecule has 0 radical (unpaired) electrons. The van der Waals surface area contributed by atoms with Crippen molar-refractivity contribution in [1.82, 2.24) is 20.6 Å². The number of rotatable bonds is 4. The second-order valence-corrected chi connectivity index (χ2v) is 4.77. The van der Waals surface area contributed by atoms with Crippen LogP contribution in [0.2, 0.25) is 0 Å². The first-order valence-corrected chi connectivity index (χ1v) is 6.29. The van der Waals surface area contributed by atoms with E-state index in [1.807, 2.05) is 0 Å². The van der Waals surface area contributed by atoms with Crippen molar-refractivity contribution in [3.8, 4) is 0 Å². The lowest BCUT2D eigenvalue weighted by Crippen LogP contribution is -2.29. The summed E-state index contributed by atoms with van der Waals surface area (Å²) in [6, 6.07) is 8.43. The van der Waals surface area contributed by atoms with Gasteiger partial charge in [0.15, 0.2) is 0 Å². The number of hydrogen-bond acceptors (Lipinski definition) is 4. The SMILES string of the molecule is NNC(c1cccc(C2CCC2)c1)c1ncn[nH]1. The summed E-state index contributed by atoms with van der Waals surface area (Å²) in [7, 11) is 0. The smallest absolute Gasteiger partial charge is 0.147 e. The molecule has 5 nitrogen and oxygen atoms in total. The van der Waals surface area contributed by atoms with Crippen LogP contribution in [0.15, 0.2) is 30.6 Å². The third kappa shape index (κ3) is 2.02. The number of benzene rings is 1. The first-order chi connectivity index (χ1) is 8.88. The van der Waals surface area contributed by atoms with Crippen LogP contribution in [0, 0.1) is 0 Å². The Morgan fingerprint density at radius 1 is 1.39 bits per heavy atom. The van der Waals surface area contributed by atoms with Gasteiger partial charge in [0.2, 0.25) is 0 Å². The van der Waals surface area contributed by atoms with Crippen molar-refractivity contribution < 1.29 is 0 Å². The molecule has 1 atom stereocenters. The van der Waals surface area contributed by atoms with E-state index in [9.17, 15) is 0 Å². The van der Waals surface area contributed by atoms with Crippen molar-refractivity contribution in [2.45, 2.75) is 31.2 Å². The van der Waals surface area contributed by atoms with Gasteiger partial charge in [0, 0.05) is 0 Å². The third-order valence-electron chi connectivity index (χ3n) is 3.69. The number of nitrogens with two attached hydrogens (primary N) is 1. The van der Waals surface area contributed by atoms with Crippen LogP contribution in [0.3, 0.4) is 0 Å². The number of nitrogens with zero attached hydrogens (tertiary/aromatic N) is 2. The van der Waals surface area contributed by atoms with Gasteiger partial charge >= 0.3 is 0 Å². The van der Waals surface area contributed by atoms with Crippen molar-refractivity contribution in [2.24, 2.45) is 5.84 Å². The lowest BCUT2D eigenvalue weighted by Gasteiger charge is -2.26. The molecule has 1 aliphatic carbocycles. The summed E-state index contributed by atoms with van der Waals surface area (Å²) in [5, 5.41) is 6.73. The van der Waals surface area contributed by atoms with Gasteiger partial charge in [-0.25, -0.2) is 10.4 Å². The largest absolute Gasteiger partial charge is 0.270 e. The molecular weight excluding hydrogens is 226 g/mol. The Labute approximate surface area is 106 Å². The summed E-state index contributed by atoms with van der Waals surface area (Å²) in [5.41, 5.74) is 5.31. The first-order valence-electron chi connectivity index (χ1n) is 6.29. The van der Waals surface area contributed by atoms with Crippen molar-refractivity contribution in [3.63, 3.8) is 0 Å². The average molecular weight is 243 g/mol. The Hall–Kier alpha value is -1.72. The molecular formula is C13H17N5. The second-order valence-electron chi connectivity index (χ2n) is 4.77. The van der Waals surface area contributed by atoms with E-state index in [0.717, 1.165) is 17.3 Å². The van der Waals surface area contributed by atoms with E-state index in [1.165, 1.54) is 31.2 Å². The zero-order valence-electron chi connectivity index (χ0n) is 10.1. The van der Waals surface area contributed by atoms with Crippen molar-refractivity contribution >= 4 is 0 Å². The Morgan fingerprint density at radius 2 is 2.28 bits per heavy atom. The summed E-state index contributed by atoms with van der Waals surface area (Å²) in [5.74, 6) is 7.09. The van der Waals surface area contributed by atoms with Gasteiger partial charge in [-0.15, -0.1) is 0 Å². The molecule has 0 amide bonds. The predicted molar refractivity (Wildman–Crippen MR) is 68.6 cm³/mol. The lowest BCUT2D eigenvalue weighted by molar-refractivity contribution is 0.419. The van der Waals surface area contributed by atoms with E-state index >= 15 is 0 Å². The minimum Gasteiger partial charge on any atom is -0.270 e. The van der Waals surface area contributed by atoms with Gasteiger partial charge in [0.05, 0.1) is 0 Å². The number of H-pyrrole nitrogens is 1. The Kier molecular flexibility index (Phi) is 3.08. The zero-order valence-corrected chi connectivity index (χ0v) is 10.1. The maximum atomic E-state index is 5.63. The van der Waals surface area contributed by atoms with Crippen LogP contribution in [-0.4, -0.2) is 15.2 Å². The summed E-state index contributed by atoms with van der Waals surface area (Å²) in [4.78, 5) is 4.16. The first kappa shape index (κ1) is 11.4. The van der Waals surface area contributed by atoms with E-state index in [-0.39, 0.29) is 6.04 Å². The Bertz CT molecular complexity index is 504. The van der Waals surface area contributed by atoms with Gasteiger partial charge in [-0.1, -0.05) is 30.7 Å². The fourth-order valence-electron chi connectivity index (χ4n) is 2.42. The Morgan fingerprint density at radius 3 is 2.89 bits per heavy atom. The minimum atomic E-state index is -0.132. The molecule has 0 saturated heterocycles. The maximum Gasteiger partial charge on any atom is 0.147 e.